The van der Waals surface area contributed by atoms with E-state index in [1.165, 1.54) is 0 Å². The zero-order valence-corrected chi connectivity index (χ0v) is 8.99. The maximum Gasteiger partial charge on any atom is 0.248 e. The third-order valence-electron chi connectivity index (χ3n) is 1.73. The van der Waals surface area contributed by atoms with E-state index >= 15 is 0 Å². The van der Waals surface area contributed by atoms with Gasteiger partial charge in [0.2, 0.25) is 5.91 Å². The first-order valence-corrected chi connectivity index (χ1v) is 4.70. The van der Waals surface area contributed by atoms with Crippen molar-refractivity contribution >= 4 is 5.91 Å². The molecular weight excluding hydrogens is 192 g/mol. The third kappa shape index (κ3) is 3.99. The first-order chi connectivity index (χ1) is 6.88. The fourth-order valence-electron chi connectivity index (χ4n) is 1.01. The van der Waals surface area contributed by atoms with Crippen LogP contribution in [0.15, 0.2) is 24.3 Å². The van der Waals surface area contributed by atoms with E-state index in [0.717, 1.165) is 0 Å². The number of primary amides is 1. The molecule has 4 N–H and O–H groups in total. The minimum absolute atomic E-state index is 0.384. The highest BCUT2D eigenvalue weighted by atomic mass is 16.5. The Bertz CT molecular complexity index is 356. The normalized spacial score (nSPS) is 11.1. The SMILES string of the molecule is CC(C)(N)COc1cccc(C(N)=O)c1. The second kappa shape index (κ2) is 4.31. The molecule has 15 heavy (non-hydrogen) atoms. The quantitative estimate of drug-likeness (QED) is 0.771. The van der Waals surface area contributed by atoms with Crippen LogP contribution in [0.25, 0.3) is 0 Å². The molecule has 4 heteroatoms. The molecule has 0 saturated carbocycles. The highest BCUT2D eigenvalue weighted by Crippen LogP contribution is 2.14. The van der Waals surface area contributed by atoms with Gasteiger partial charge in [0.05, 0.1) is 0 Å². The molecule has 0 aromatic heterocycles. The summed E-state index contributed by atoms with van der Waals surface area (Å²) in [5.41, 5.74) is 10.9. The van der Waals surface area contributed by atoms with Crippen molar-refractivity contribution in [3.63, 3.8) is 0 Å². The lowest BCUT2D eigenvalue weighted by atomic mass is 10.1. The summed E-state index contributed by atoms with van der Waals surface area (Å²) in [6, 6.07) is 6.73. The van der Waals surface area contributed by atoms with E-state index in [0.29, 0.717) is 17.9 Å². The van der Waals surface area contributed by atoms with Crippen molar-refractivity contribution in [2.75, 3.05) is 6.61 Å². The Labute approximate surface area is 89.2 Å². The zero-order chi connectivity index (χ0) is 11.5. The Morgan fingerprint density at radius 1 is 1.47 bits per heavy atom. The molecule has 82 valence electrons. The molecule has 0 spiro atoms. The lowest BCUT2D eigenvalue weighted by Crippen LogP contribution is -2.38. The molecule has 1 rings (SSSR count). The van der Waals surface area contributed by atoms with Crippen molar-refractivity contribution in [2.24, 2.45) is 11.5 Å². The minimum atomic E-state index is -0.465. The molecule has 4 nitrogen and oxygen atoms in total. The molecule has 0 aliphatic heterocycles. The fourth-order valence-corrected chi connectivity index (χ4v) is 1.01. The summed E-state index contributed by atoms with van der Waals surface area (Å²) in [6.45, 7) is 4.12. The zero-order valence-electron chi connectivity index (χ0n) is 8.99. The monoisotopic (exact) mass is 208 g/mol. The van der Waals surface area contributed by atoms with Gasteiger partial charge < -0.3 is 16.2 Å². The minimum Gasteiger partial charge on any atom is -0.492 e. The van der Waals surface area contributed by atoms with Crippen LogP contribution in [0.1, 0.15) is 24.2 Å². The van der Waals surface area contributed by atoms with Gasteiger partial charge in [-0.05, 0) is 32.0 Å². The number of amides is 1. The van der Waals surface area contributed by atoms with Gasteiger partial charge in [-0.1, -0.05) is 6.07 Å². The van der Waals surface area contributed by atoms with Gasteiger partial charge in [-0.15, -0.1) is 0 Å². The van der Waals surface area contributed by atoms with Crippen molar-refractivity contribution in [1.29, 1.82) is 0 Å². The summed E-state index contributed by atoms with van der Waals surface area (Å²) in [7, 11) is 0. The molecule has 0 bridgehead atoms. The van der Waals surface area contributed by atoms with Gasteiger partial charge in [-0.3, -0.25) is 4.79 Å². The van der Waals surface area contributed by atoms with E-state index in [9.17, 15) is 4.79 Å². The molecule has 0 radical (unpaired) electrons. The van der Waals surface area contributed by atoms with Crippen molar-refractivity contribution in [2.45, 2.75) is 19.4 Å². The lowest BCUT2D eigenvalue weighted by molar-refractivity contribution is 0.1000. The van der Waals surface area contributed by atoms with Crippen molar-refractivity contribution in [3.05, 3.63) is 29.8 Å². The Morgan fingerprint density at radius 2 is 2.13 bits per heavy atom. The summed E-state index contributed by atoms with van der Waals surface area (Å²) >= 11 is 0. The molecule has 0 unspecified atom stereocenters. The lowest BCUT2D eigenvalue weighted by Gasteiger charge is -2.19. The van der Waals surface area contributed by atoms with Crippen LogP contribution in [0.3, 0.4) is 0 Å². The number of rotatable bonds is 4. The number of carbonyl (C=O) groups excluding carboxylic acids is 1. The Kier molecular flexibility index (Phi) is 3.31. The van der Waals surface area contributed by atoms with Crippen LogP contribution in [0.5, 0.6) is 5.75 Å². The molecule has 1 aromatic carbocycles. The number of nitrogens with two attached hydrogens (primary N) is 2. The van der Waals surface area contributed by atoms with Gasteiger partial charge in [-0.25, -0.2) is 0 Å². The summed E-state index contributed by atoms with van der Waals surface area (Å²) in [5.74, 6) is 0.136. The highest BCUT2D eigenvalue weighted by Gasteiger charge is 2.11. The van der Waals surface area contributed by atoms with E-state index in [1.807, 2.05) is 13.8 Å². The van der Waals surface area contributed by atoms with Crippen molar-refractivity contribution < 1.29 is 9.53 Å². The maximum atomic E-state index is 10.9. The largest absolute Gasteiger partial charge is 0.492 e. The predicted molar refractivity (Wildman–Crippen MR) is 58.7 cm³/mol. The van der Waals surface area contributed by atoms with E-state index in [-0.39, 0.29) is 0 Å². The van der Waals surface area contributed by atoms with Crippen LogP contribution in [0.4, 0.5) is 0 Å². The standard InChI is InChI=1S/C11H16N2O2/c1-11(2,13)7-15-9-5-3-4-8(6-9)10(12)14/h3-6H,7,13H2,1-2H3,(H2,12,14). The predicted octanol–water partition coefficient (Wildman–Crippen LogP) is 0.902. The van der Waals surface area contributed by atoms with E-state index in [1.54, 1.807) is 24.3 Å². The van der Waals surface area contributed by atoms with Gasteiger partial charge in [0, 0.05) is 11.1 Å². The summed E-state index contributed by atoms with van der Waals surface area (Å²) < 4.78 is 5.43. The number of hydrogen-bond acceptors (Lipinski definition) is 3. The van der Waals surface area contributed by atoms with Crippen LogP contribution in [-0.4, -0.2) is 18.1 Å². The fraction of sp³-hybridized carbons (Fsp3) is 0.364. The number of ether oxygens (including phenoxy) is 1. The van der Waals surface area contributed by atoms with Crippen LogP contribution in [-0.2, 0) is 0 Å². The van der Waals surface area contributed by atoms with Gasteiger partial charge in [-0.2, -0.15) is 0 Å². The van der Waals surface area contributed by atoms with E-state index in [4.69, 9.17) is 16.2 Å². The van der Waals surface area contributed by atoms with Crippen LogP contribution in [0.2, 0.25) is 0 Å². The van der Waals surface area contributed by atoms with Crippen LogP contribution < -0.4 is 16.2 Å². The molecule has 0 fully saturated rings. The Balaban J connectivity index is 2.70. The second-order valence-corrected chi connectivity index (χ2v) is 4.17. The molecule has 1 amide bonds. The smallest absolute Gasteiger partial charge is 0.248 e. The van der Waals surface area contributed by atoms with Gasteiger partial charge in [0.25, 0.3) is 0 Å². The molecular formula is C11H16N2O2. The highest BCUT2D eigenvalue weighted by molar-refractivity contribution is 5.93. The summed E-state index contributed by atoms with van der Waals surface area (Å²) in [5, 5.41) is 0. The van der Waals surface area contributed by atoms with E-state index in [2.05, 4.69) is 0 Å². The number of carbonyl (C=O) groups is 1. The summed E-state index contributed by atoms with van der Waals surface area (Å²) in [6.07, 6.45) is 0. The molecule has 1 aromatic rings. The number of hydrogen-bond donors (Lipinski definition) is 2. The van der Waals surface area contributed by atoms with Gasteiger partial charge in [0.1, 0.15) is 12.4 Å². The molecule has 0 heterocycles. The average molecular weight is 208 g/mol. The Hall–Kier alpha value is -1.55. The van der Waals surface area contributed by atoms with Crippen LogP contribution in [0, 0.1) is 0 Å². The van der Waals surface area contributed by atoms with Crippen molar-refractivity contribution in [3.8, 4) is 5.75 Å². The van der Waals surface area contributed by atoms with Gasteiger partial charge in [0.15, 0.2) is 0 Å². The molecule has 0 atom stereocenters. The molecule has 0 aliphatic carbocycles. The van der Waals surface area contributed by atoms with Gasteiger partial charge >= 0.3 is 0 Å². The third-order valence-corrected chi connectivity index (χ3v) is 1.73. The number of benzene rings is 1. The average Bonchev–Trinajstić information content (AvgIpc) is 2.14. The topological polar surface area (TPSA) is 78.3 Å². The maximum absolute atomic E-state index is 10.9. The molecule has 0 saturated heterocycles. The first kappa shape index (κ1) is 11.5. The second-order valence-electron chi connectivity index (χ2n) is 4.17. The molecule has 0 aliphatic rings. The van der Waals surface area contributed by atoms with Crippen molar-refractivity contribution in [1.82, 2.24) is 0 Å². The summed E-state index contributed by atoms with van der Waals surface area (Å²) in [4.78, 5) is 10.9. The van der Waals surface area contributed by atoms with Crippen LogP contribution >= 0.6 is 0 Å². The first-order valence-electron chi connectivity index (χ1n) is 4.70. The Morgan fingerprint density at radius 3 is 2.67 bits per heavy atom. The van der Waals surface area contributed by atoms with E-state index < -0.39 is 11.4 Å².